The van der Waals surface area contributed by atoms with E-state index in [0.717, 1.165) is 22.6 Å². The molecule has 0 unspecified atom stereocenters. The van der Waals surface area contributed by atoms with Crippen molar-refractivity contribution in [3.8, 4) is 0 Å². The van der Waals surface area contributed by atoms with E-state index in [4.69, 9.17) is 4.79 Å². The van der Waals surface area contributed by atoms with E-state index in [1.165, 1.54) is 140 Å². The summed E-state index contributed by atoms with van der Waals surface area (Å²) in [5, 5.41) is 3.39. The van der Waals surface area contributed by atoms with E-state index in [0.29, 0.717) is 0 Å². The number of hydrogen-bond acceptors (Lipinski definition) is 3. The van der Waals surface area contributed by atoms with Crippen molar-refractivity contribution >= 4 is 44.6 Å². The Morgan fingerprint density at radius 1 is 0.426 bits per heavy atom. The fraction of sp³-hybridized carbons (Fsp3) is 0.683. The number of carbonyl (C=O) groups excluding carboxylic acids is 1. The summed E-state index contributed by atoms with van der Waals surface area (Å²) in [6, 6.07) is 19.2. The molecule has 0 aromatic heterocycles. The maximum Gasteiger partial charge on any atom is 0.106 e. The summed E-state index contributed by atoms with van der Waals surface area (Å²) in [6.07, 6.45) is 29.7. The van der Waals surface area contributed by atoms with Crippen LogP contribution in [0.3, 0.4) is 0 Å². The van der Waals surface area contributed by atoms with E-state index in [1.807, 2.05) is 6.79 Å². The van der Waals surface area contributed by atoms with Crippen molar-refractivity contribution < 1.29 is 24.3 Å². The van der Waals surface area contributed by atoms with Gasteiger partial charge in [0.1, 0.15) is 6.79 Å². The van der Waals surface area contributed by atoms with Crippen LogP contribution in [0.25, 0.3) is 0 Å². The fourth-order valence-electron chi connectivity index (χ4n) is 8.72. The van der Waals surface area contributed by atoms with E-state index >= 15 is 0 Å². The molecule has 4 fully saturated rings. The number of anilines is 2. The first kappa shape index (κ1) is 40.6. The van der Waals surface area contributed by atoms with Crippen LogP contribution in [0.5, 0.6) is 0 Å². The molecule has 0 bridgehead atoms. The average Bonchev–Trinajstić information content (AvgIpc) is 3.12. The standard InChI is InChI=1S/2C20H32NP.CH2O.Rh/c2*1-21(2)17-13-15-20(16-14-17)22(18-9-5-3-6-10-18)19-11-7-4-8-12-19;1-2;/h2*13-16,18-19H,3-12H2,1-2H3;1H2;. The first-order valence-electron chi connectivity index (χ1n) is 18.9. The molecule has 4 aliphatic rings. The van der Waals surface area contributed by atoms with Crippen LogP contribution in [-0.4, -0.2) is 57.6 Å². The van der Waals surface area contributed by atoms with Crippen LogP contribution in [0.4, 0.5) is 11.4 Å². The van der Waals surface area contributed by atoms with Crippen molar-refractivity contribution in [3.63, 3.8) is 0 Å². The molecule has 0 spiro atoms. The molecule has 6 rings (SSSR count). The van der Waals surface area contributed by atoms with Gasteiger partial charge < -0.3 is 14.6 Å². The largest absolute Gasteiger partial charge is 0.378 e. The summed E-state index contributed by atoms with van der Waals surface area (Å²) in [4.78, 5) is 12.4. The molecule has 0 aliphatic heterocycles. The van der Waals surface area contributed by atoms with E-state index in [2.05, 4.69) is 86.5 Å². The Morgan fingerprint density at radius 2 is 0.638 bits per heavy atom. The molecule has 47 heavy (non-hydrogen) atoms. The molecular formula is C41H66N2OP2Rh. The van der Waals surface area contributed by atoms with Gasteiger partial charge in [-0.15, -0.1) is 0 Å². The first-order chi connectivity index (χ1) is 22.5. The zero-order chi connectivity index (χ0) is 32.7. The van der Waals surface area contributed by atoms with Gasteiger partial charge >= 0.3 is 0 Å². The number of benzene rings is 2. The summed E-state index contributed by atoms with van der Waals surface area (Å²) in [5.74, 6) is 0. The summed E-state index contributed by atoms with van der Waals surface area (Å²) in [7, 11) is 8.67. The van der Waals surface area contributed by atoms with Gasteiger partial charge in [0.25, 0.3) is 0 Å². The van der Waals surface area contributed by atoms with Crippen molar-refractivity contribution in [2.45, 2.75) is 151 Å². The van der Waals surface area contributed by atoms with E-state index < -0.39 is 0 Å². The van der Waals surface area contributed by atoms with Crippen LogP contribution in [-0.2, 0) is 24.3 Å². The molecule has 0 amide bonds. The summed E-state index contributed by atoms with van der Waals surface area (Å²) < 4.78 is 0. The minimum Gasteiger partial charge on any atom is -0.378 e. The second kappa shape index (κ2) is 22.1. The van der Waals surface area contributed by atoms with Gasteiger partial charge in [-0.25, -0.2) is 0 Å². The molecule has 265 valence electrons. The van der Waals surface area contributed by atoms with Gasteiger partial charge in [-0.1, -0.05) is 117 Å². The molecule has 0 saturated heterocycles. The Kier molecular flexibility index (Phi) is 19.1. The number of hydrogen-bond donors (Lipinski definition) is 0. The number of carbonyl (C=O) groups is 1. The molecule has 2 aromatic carbocycles. The minimum absolute atomic E-state index is 0. The predicted molar refractivity (Wildman–Crippen MR) is 209 cm³/mol. The summed E-state index contributed by atoms with van der Waals surface area (Å²) in [6.45, 7) is 2.00. The zero-order valence-electron chi connectivity index (χ0n) is 30.3. The molecular weight excluding hydrogens is 701 g/mol. The normalized spacial score (nSPS) is 20.0. The monoisotopic (exact) mass is 767 g/mol. The van der Waals surface area contributed by atoms with Crippen LogP contribution in [0, 0.1) is 0 Å². The second-order valence-corrected chi connectivity index (χ2v) is 20.4. The van der Waals surface area contributed by atoms with Crippen molar-refractivity contribution in [2.24, 2.45) is 0 Å². The maximum atomic E-state index is 8.00. The molecule has 2 aromatic rings. The Bertz CT molecular complexity index is 964. The third-order valence-corrected chi connectivity index (χ3v) is 18.2. The van der Waals surface area contributed by atoms with Crippen LogP contribution in [0.1, 0.15) is 128 Å². The van der Waals surface area contributed by atoms with Gasteiger partial charge in [-0.3, -0.25) is 0 Å². The van der Waals surface area contributed by atoms with Crippen molar-refractivity contribution in [2.75, 3.05) is 38.0 Å². The molecule has 0 N–H and O–H groups in total. The molecule has 0 heterocycles. The third-order valence-electron chi connectivity index (χ3n) is 11.2. The SMILES string of the molecule is C=O.CN(C)c1ccc(P(C2CCCCC2)C2CCCCC2)cc1.CN(C)c1ccc(P(C2CCCCC2)C2CCCCC2)cc1.[Rh]. The molecule has 0 atom stereocenters. The molecule has 4 aliphatic carbocycles. The van der Waals surface area contributed by atoms with Crippen molar-refractivity contribution in [3.05, 3.63) is 48.5 Å². The minimum atomic E-state index is 0. The Labute approximate surface area is 305 Å². The van der Waals surface area contributed by atoms with E-state index in [1.54, 1.807) is 10.6 Å². The Hall–Kier alpha value is -0.807. The van der Waals surface area contributed by atoms with Gasteiger partial charge in [0.2, 0.25) is 0 Å². The number of nitrogens with zero attached hydrogens (tertiary/aromatic N) is 2. The topological polar surface area (TPSA) is 23.6 Å². The van der Waals surface area contributed by atoms with Gasteiger partial charge in [-0.05, 0) is 109 Å². The molecule has 3 nitrogen and oxygen atoms in total. The molecule has 1 radical (unpaired) electrons. The number of rotatable bonds is 8. The van der Waals surface area contributed by atoms with Gasteiger partial charge in [0.05, 0.1) is 0 Å². The average molecular weight is 768 g/mol. The third kappa shape index (κ3) is 12.2. The van der Waals surface area contributed by atoms with E-state index in [-0.39, 0.29) is 35.3 Å². The fourth-order valence-corrected chi connectivity index (χ4v) is 16.3. The van der Waals surface area contributed by atoms with Crippen LogP contribution < -0.4 is 20.4 Å². The summed E-state index contributed by atoms with van der Waals surface area (Å²) >= 11 is 0. The van der Waals surface area contributed by atoms with Gasteiger partial charge in [0, 0.05) is 59.0 Å². The first-order valence-corrected chi connectivity index (χ1v) is 21.9. The quantitative estimate of drug-likeness (QED) is 0.197. The maximum absolute atomic E-state index is 8.00. The van der Waals surface area contributed by atoms with Crippen molar-refractivity contribution in [1.29, 1.82) is 0 Å². The van der Waals surface area contributed by atoms with Crippen LogP contribution >= 0.6 is 15.8 Å². The predicted octanol–water partition coefficient (Wildman–Crippen LogP) is 10.9. The Morgan fingerprint density at radius 3 is 0.830 bits per heavy atom. The summed E-state index contributed by atoms with van der Waals surface area (Å²) in [5.41, 5.74) is 6.72. The van der Waals surface area contributed by atoms with Crippen molar-refractivity contribution in [1.82, 2.24) is 0 Å². The zero-order valence-corrected chi connectivity index (χ0v) is 33.7. The molecule has 4 saturated carbocycles. The molecule has 6 heteroatoms. The second-order valence-electron chi connectivity index (χ2n) is 14.8. The Balaban J connectivity index is 0.000000238. The van der Waals surface area contributed by atoms with Gasteiger partial charge in [0.15, 0.2) is 0 Å². The van der Waals surface area contributed by atoms with E-state index in [9.17, 15) is 0 Å². The smallest absolute Gasteiger partial charge is 0.106 e. The van der Waals surface area contributed by atoms with Crippen LogP contribution in [0.15, 0.2) is 48.5 Å². The van der Waals surface area contributed by atoms with Crippen LogP contribution in [0.2, 0.25) is 0 Å². The van der Waals surface area contributed by atoms with Gasteiger partial charge in [-0.2, -0.15) is 0 Å².